The third-order valence-corrected chi connectivity index (χ3v) is 4.50. The summed E-state index contributed by atoms with van der Waals surface area (Å²) in [4.78, 5) is 0.00513. The van der Waals surface area contributed by atoms with E-state index in [1.165, 1.54) is 18.2 Å². The SMILES string of the molecule is Cn1nccc1CNS(=O)(=O)c1ccc(N)cc1Cl. The van der Waals surface area contributed by atoms with Crippen LogP contribution < -0.4 is 10.5 Å². The highest BCUT2D eigenvalue weighted by Gasteiger charge is 2.18. The molecule has 0 unspecified atom stereocenters. The molecule has 0 atom stereocenters. The molecule has 0 amide bonds. The van der Waals surface area contributed by atoms with Crippen molar-refractivity contribution in [2.75, 3.05) is 5.73 Å². The fourth-order valence-corrected chi connectivity index (χ4v) is 3.11. The Hall–Kier alpha value is -1.57. The Labute approximate surface area is 116 Å². The van der Waals surface area contributed by atoms with Gasteiger partial charge in [-0.15, -0.1) is 0 Å². The molecule has 0 spiro atoms. The van der Waals surface area contributed by atoms with E-state index in [9.17, 15) is 8.42 Å². The van der Waals surface area contributed by atoms with Crippen molar-refractivity contribution in [3.05, 3.63) is 41.2 Å². The summed E-state index contributed by atoms with van der Waals surface area (Å²) in [5.74, 6) is 0. The molecule has 0 saturated heterocycles. The Balaban J connectivity index is 2.21. The third-order valence-electron chi connectivity index (χ3n) is 2.61. The number of rotatable bonds is 4. The Kier molecular flexibility index (Phi) is 3.79. The third kappa shape index (κ3) is 3.06. The summed E-state index contributed by atoms with van der Waals surface area (Å²) in [6.45, 7) is 0.138. The average Bonchev–Trinajstić information content (AvgIpc) is 2.72. The van der Waals surface area contributed by atoms with Crippen LogP contribution >= 0.6 is 11.6 Å². The average molecular weight is 301 g/mol. The minimum Gasteiger partial charge on any atom is -0.399 e. The van der Waals surface area contributed by atoms with Crippen LogP contribution in [0.2, 0.25) is 5.02 Å². The van der Waals surface area contributed by atoms with Crippen molar-refractivity contribution in [2.45, 2.75) is 11.4 Å². The van der Waals surface area contributed by atoms with Crippen LogP contribution in [-0.2, 0) is 23.6 Å². The molecule has 0 fully saturated rings. The van der Waals surface area contributed by atoms with Gasteiger partial charge in [0, 0.05) is 18.9 Å². The number of aryl methyl sites for hydroxylation is 1. The number of hydrogen-bond donors (Lipinski definition) is 2. The van der Waals surface area contributed by atoms with Gasteiger partial charge < -0.3 is 5.73 Å². The highest BCUT2D eigenvalue weighted by Crippen LogP contribution is 2.23. The number of aromatic nitrogens is 2. The standard InChI is InChI=1S/C11H13ClN4O2S/c1-16-9(4-5-14-16)7-15-19(17,18)11-3-2-8(13)6-10(11)12/h2-6,15H,7,13H2,1H3. The number of anilines is 1. The number of benzene rings is 1. The van der Waals surface area contributed by atoms with E-state index in [-0.39, 0.29) is 16.5 Å². The first-order chi connectivity index (χ1) is 8.90. The van der Waals surface area contributed by atoms with Crippen molar-refractivity contribution in [1.82, 2.24) is 14.5 Å². The van der Waals surface area contributed by atoms with Gasteiger partial charge in [0.05, 0.1) is 17.3 Å². The molecule has 102 valence electrons. The van der Waals surface area contributed by atoms with Crippen molar-refractivity contribution >= 4 is 27.3 Å². The molecule has 1 aromatic carbocycles. The van der Waals surface area contributed by atoms with Gasteiger partial charge in [-0.3, -0.25) is 4.68 Å². The van der Waals surface area contributed by atoms with Gasteiger partial charge in [-0.2, -0.15) is 5.10 Å². The predicted molar refractivity (Wildman–Crippen MR) is 73.1 cm³/mol. The highest BCUT2D eigenvalue weighted by molar-refractivity contribution is 7.89. The lowest BCUT2D eigenvalue weighted by Crippen LogP contribution is -2.24. The number of nitrogens with zero attached hydrogens (tertiary/aromatic N) is 2. The van der Waals surface area contributed by atoms with Crippen LogP contribution in [0, 0.1) is 0 Å². The van der Waals surface area contributed by atoms with Gasteiger partial charge >= 0.3 is 0 Å². The molecule has 6 nitrogen and oxygen atoms in total. The van der Waals surface area contributed by atoms with Crippen molar-refractivity contribution in [2.24, 2.45) is 7.05 Å². The zero-order valence-electron chi connectivity index (χ0n) is 10.2. The minimum absolute atomic E-state index is 0.00513. The van der Waals surface area contributed by atoms with E-state index in [1.807, 2.05) is 0 Å². The molecule has 1 aromatic heterocycles. The summed E-state index contributed by atoms with van der Waals surface area (Å²) >= 11 is 5.89. The first-order valence-corrected chi connectivity index (χ1v) is 7.28. The number of nitrogens with one attached hydrogen (secondary N) is 1. The maximum atomic E-state index is 12.1. The monoisotopic (exact) mass is 300 g/mol. The quantitative estimate of drug-likeness (QED) is 0.828. The maximum Gasteiger partial charge on any atom is 0.242 e. The van der Waals surface area contributed by atoms with E-state index >= 15 is 0 Å². The van der Waals surface area contributed by atoms with E-state index < -0.39 is 10.0 Å². The van der Waals surface area contributed by atoms with Gasteiger partial charge in [0.25, 0.3) is 0 Å². The second-order valence-corrected chi connectivity index (χ2v) is 6.10. The fraction of sp³-hybridized carbons (Fsp3) is 0.182. The minimum atomic E-state index is -3.68. The summed E-state index contributed by atoms with van der Waals surface area (Å²) < 4.78 is 28.3. The Morgan fingerprint density at radius 3 is 2.74 bits per heavy atom. The molecule has 0 aliphatic heterocycles. The van der Waals surface area contributed by atoms with Gasteiger partial charge in [0.2, 0.25) is 10.0 Å². The molecule has 3 N–H and O–H groups in total. The normalized spacial score (nSPS) is 11.7. The summed E-state index contributed by atoms with van der Waals surface area (Å²) in [5.41, 5.74) is 6.69. The van der Waals surface area contributed by atoms with E-state index in [0.717, 1.165) is 5.69 Å². The molecule has 8 heteroatoms. The molecule has 19 heavy (non-hydrogen) atoms. The van der Waals surface area contributed by atoms with Gasteiger partial charge in [-0.05, 0) is 24.3 Å². The fourth-order valence-electron chi connectivity index (χ4n) is 1.56. The first-order valence-electron chi connectivity index (χ1n) is 5.42. The number of nitrogen functional groups attached to an aromatic ring is 1. The van der Waals surface area contributed by atoms with Crippen LogP contribution in [0.5, 0.6) is 0 Å². The summed E-state index contributed by atoms with van der Waals surface area (Å²) in [6.07, 6.45) is 1.60. The van der Waals surface area contributed by atoms with Crippen molar-refractivity contribution in [3.8, 4) is 0 Å². The van der Waals surface area contributed by atoms with Gasteiger partial charge in [0.15, 0.2) is 0 Å². The molecule has 0 aliphatic rings. The van der Waals surface area contributed by atoms with E-state index in [1.54, 1.807) is 24.0 Å². The van der Waals surface area contributed by atoms with Crippen molar-refractivity contribution < 1.29 is 8.42 Å². The van der Waals surface area contributed by atoms with Crippen LogP contribution in [0.25, 0.3) is 0 Å². The number of nitrogens with two attached hydrogens (primary N) is 1. The van der Waals surface area contributed by atoms with Gasteiger partial charge in [-0.25, -0.2) is 13.1 Å². The lowest BCUT2D eigenvalue weighted by atomic mass is 10.3. The molecular weight excluding hydrogens is 288 g/mol. The van der Waals surface area contributed by atoms with Crippen LogP contribution in [0.15, 0.2) is 35.4 Å². The van der Waals surface area contributed by atoms with E-state index in [2.05, 4.69) is 9.82 Å². The van der Waals surface area contributed by atoms with E-state index in [4.69, 9.17) is 17.3 Å². The largest absolute Gasteiger partial charge is 0.399 e. The number of hydrogen-bond acceptors (Lipinski definition) is 4. The summed E-state index contributed by atoms with van der Waals surface area (Å²) in [6, 6.07) is 6.00. The topological polar surface area (TPSA) is 90.0 Å². The molecule has 0 bridgehead atoms. The molecule has 0 saturated carbocycles. The molecule has 0 aliphatic carbocycles. The molecule has 2 rings (SSSR count). The van der Waals surface area contributed by atoms with Crippen LogP contribution in [0.1, 0.15) is 5.69 Å². The second-order valence-electron chi connectivity index (χ2n) is 3.96. The smallest absolute Gasteiger partial charge is 0.242 e. The van der Waals surface area contributed by atoms with Crippen LogP contribution in [0.4, 0.5) is 5.69 Å². The van der Waals surface area contributed by atoms with Crippen molar-refractivity contribution in [3.63, 3.8) is 0 Å². The lowest BCUT2D eigenvalue weighted by Gasteiger charge is -2.09. The van der Waals surface area contributed by atoms with Gasteiger partial charge in [-0.1, -0.05) is 11.6 Å². The first kappa shape index (κ1) is 13.9. The Morgan fingerprint density at radius 2 is 2.16 bits per heavy atom. The maximum absolute atomic E-state index is 12.1. The molecule has 0 radical (unpaired) electrons. The molecule has 2 aromatic rings. The van der Waals surface area contributed by atoms with Crippen LogP contribution in [0.3, 0.4) is 0 Å². The second kappa shape index (κ2) is 5.20. The zero-order valence-corrected chi connectivity index (χ0v) is 11.7. The molecule has 1 heterocycles. The molecular formula is C11H13ClN4O2S. The Bertz CT molecular complexity index is 696. The van der Waals surface area contributed by atoms with Crippen molar-refractivity contribution in [1.29, 1.82) is 0 Å². The van der Waals surface area contributed by atoms with E-state index in [0.29, 0.717) is 5.69 Å². The number of sulfonamides is 1. The lowest BCUT2D eigenvalue weighted by molar-refractivity contribution is 0.577. The summed E-state index contributed by atoms with van der Waals surface area (Å²) in [5, 5.41) is 4.05. The Morgan fingerprint density at radius 1 is 1.42 bits per heavy atom. The predicted octanol–water partition coefficient (Wildman–Crippen LogP) is 1.13. The number of halogens is 1. The summed E-state index contributed by atoms with van der Waals surface area (Å²) in [7, 11) is -1.94. The van der Waals surface area contributed by atoms with Gasteiger partial charge in [0.1, 0.15) is 4.90 Å². The highest BCUT2D eigenvalue weighted by atomic mass is 35.5. The van der Waals surface area contributed by atoms with Crippen LogP contribution in [-0.4, -0.2) is 18.2 Å². The zero-order chi connectivity index (χ0) is 14.0.